The molecule has 0 heterocycles. The lowest BCUT2D eigenvalue weighted by Gasteiger charge is -1.90. The molecule has 0 saturated heterocycles. The lowest BCUT2D eigenvalue weighted by Crippen LogP contribution is -1.93. The Labute approximate surface area is 73.2 Å². The van der Waals surface area contributed by atoms with Crippen molar-refractivity contribution in [1.29, 1.82) is 0 Å². The van der Waals surface area contributed by atoms with E-state index in [2.05, 4.69) is 23.7 Å². The minimum absolute atomic E-state index is 0.292. The van der Waals surface area contributed by atoms with Gasteiger partial charge in [-0.2, -0.15) is 0 Å². The molecule has 0 amide bonds. The minimum atomic E-state index is 0.292. The minimum Gasteiger partial charge on any atom is -0.356 e. The van der Waals surface area contributed by atoms with Crippen molar-refractivity contribution in [3.8, 4) is 36.5 Å². The lowest BCUT2D eigenvalue weighted by atomic mass is 10.6. The van der Waals surface area contributed by atoms with Crippen LogP contribution >= 0.6 is 0 Å². The molecule has 0 aromatic rings. The van der Waals surface area contributed by atoms with Crippen LogP contribution in [0.1, 0.15) is 0 Å². The molecule has 0 bridgehead atoms. The quantitative estimate of drug-likeness (QED) is 0.437. The smallest absolute Gasteiger partial charge is 0.109 e. The van der Waals surface area contributed by atoms with Gasteiger partial charge in [-0.05, 0) is 0 Å². The Hall–Kier alpha value is -1.40. The highest BCUT2D eigenvalue weighted by Gasteiger charge is 1.77. The fraction of sp³-hybridized carbons (Fsp3) is 0.400. The largest absolute Gasteiger partial charge is 0.356 e. The molecule has 12 heavy (non-hydrogen) atoms. The van der Waals surface area contributed by atoms with Gasteiger partial charge in [0.15, 0.2) is 0 Å². The lowest BCUT2D eigenvalue weighted by molar-refractivity contribution is 0.199. The van der Waals surface area contributed by atoms with Crippen molar-refractivity contribution in [2.45, 2.75) is 0 Å². The fourth-order valence-corrected chi connectivity index (χ4v) is 0.424. The Balaban J connectivity index is 3.14. The van der Waals surface area contributed by atoms with E-state index in [0.717, 1.165) is 0 Å². The third-order valence-corrected chi connectivity index (χ3v) is 0.844. The van der Waals surface area contributed by atoms with Crippen LogP contribution in [0.25, 0.3) is 0 Å². The van der Waals surface area contributed by atoms with Crippen LogP contribution < -0.4 is 0 Å². The van der Waals surface area contributed by atoms with E-state index in [9.17, 15) is 0 Å². The van der Waals surface area contributed by atoms with Crippen molar-refractivity contribution in [2.75, 3.05) is 26.4 Å². The van der Waals surface area contributed by atoms with Gasteiger partial charge in [0.1, 0.15) is 26.4 Å². The van der Waals surface area contributed by atoms with Gasteiger partial charge < -0.3 is 9.47 Å². The first-order valence-electron chi connectivity index (χ1n) is 3.40. The first kappa shape index (κ1) is 10.6. The van der Waals surface area contributed by atoms with E-state index < -0.39 is 0 Å². The summed E-state index contributed by atoms with van der Waals surface area (Å²) in [6.07, 6.45) is 9.88. The molecule has 0 rings (SSSR count). The zero-order chi connectivity index (χ0) is 9.07. The van der Waals surface area contributed by atoms with E-state index >= 15 is 0 Å². The first-order valence-corrected chi connectivity index (χ1v) is 3.40. The molecule has 0 N–H and O–H groups in total. The summed E-state index contributed by atoms with van der Waals surface area (Å²) in [5.74, 6) is 10.1. The van der Waals surface area contributed by atoms with Crippen molar-refractivity contribution in [3.63, 3.8) is 0 Å². The number of hydrogen-bond donors (Lipinski definition) is 0. The van der Waals surface area contributed by atoms with Gasteiger partial charge in [-0.3, -0.25) is 0 Å². The van der Waals surface area contributed by atoms with Crippen LogP contribution in [-0.4, -0.2) is 26.4 Å². The Morgan fingerprint density at radius 2 is 1.17 bits per heavy atom. The summed E-state index contributed by atoms with van der Waals surface area (Å²) in [6, 6.07) is 0. The predicted molar refractivity (Wildman–Crippen MR) is 47.1 cm³/mol. The third-order valence-electron chi connectivity index (χ3n) is 0.844. The zero-order valence-corrected chi connectivity index (χ0v) is 6.80. The molecular formula is C10H10O2. The number of ether oxygens (including phenoxy) is 2. The summed E-state index contributed by atoms with van der Waals surface area (Å²) >= 11 is 0. The molecule has 0 unspecified atom stereocenters. The van der Waals surface area contributed by atoms with Crippen molar-refractivity contribution >= 4 is 0 Å². The molecule has 0 spiro atoms. The SMILES string of the molecule is C#CCOCC#CCOCC#C. The van der Waals surface area contributed by atoms with E-state index in [-0.39, 0.29) is 0 Å². The van der Waals surface area contributed by atoms with Crippen LogP contribution in [-0.2, 0) is 9.47 Å². The highest BCUT2D eigenvalue weighted by molar-refractivity contribution is 5.00. The van der Waals surface area contributed by atoms with Crippen LogP contribution in [0.4, 0.5) is 0 Å². The normalized spacial score (nSPS) is 7.50. The Bertz CT molecular complexity index is 207. The standard InChI is InChI=1S/C10H10O2/c1-3-7-11-9-5-6-10-12-8-4-2/h1-2H,7-10H2. The van der Waals surface area contributed by atoms with E-state index in [1.807, 2.05) is 0 Å². The van der Waals surface area contributed by atoms with Gasteiger partial charge >= 0.3 is 0 Å². The van der Waals surface area contributed by atoms with Crippen LogP contribution in [0.5, 0.6) is 0 Å². The Morgan fingerprint density at radius 1 is 0.750 bits per heavy atom. The van der Waals surface area contributed by atoms with Gasteiger partial charge in [0.2, 0.25) is 0 Å². The summed E-state index contributed by atoms with van der Waals surface area (Å²) < 4.78 is 9.77. The van der Waals surface area contributed by atoms with Crippen LogP contribution in [0.15, 0.2) is 0 Å². The maximum atomic E-state index is 4.94. The van der Waals surface area contributed by atoms with Gasteiger partial charge in [-0.1, -0.05) is 23.7 Å². The topological polar surface area (TPSA) is 18.5 Å². The van der Waals surface area contributed by atoms with Gasteiger partial charge in [0.25, 0.3) is 0 Å². The maximum Gasteiger partial charge on any atom is 0.109 e. The van der Waals surface area contributed by atoms with Crippen molar-refractivity contribution in [3.05, 3.63) is 0 Å². The molecule has 2 heteroatoms. The second kappa shape index (κ2) is 9.60. The van der Waals surface area contributed by atoms with Crippen LogP contribution in [0, 0.1) is 36.5 Å². The van der Waals surface area contributed by atoms with Crippen LogP contribution in [0.3, 0.4) is 0 Å². The average Bonchev–Trinajstić information content (AvgIpc) is 2.10. The van der Waals surface area contributed by atoms with E-state index in [4.69, 9.17) is 22.3 Å². The summed E-state index contributed by atoms with van der Waals surface area (Å²) in [5.41, 5.74) is 0. The van der Waals surface area contributed by atoms with Gasteiger partial charge in [-0.15, -0.1) is 12.8 Å². The first-order chi connectivity index (χ1) is 5.91. The number of hydrogen-bond acceptors (Lipinski definition) is 2. The second-order valence-corrected chi connectivity index (χ2v) is 1.75. The number of terminal acetylenes is 2. The van der Waals surface area contributed by atoms with E-state index in [0.29, 0.717) is 26.4 Å². The van der Waals surface area contributed by atoms with Crippen molar-refractivity contribution in [2.24, 2.45) is 0 Å². The molecule has 2 nitrogen and oxygen atoms in total. The second-order valence-electron chi connectivity index (χ2n) is 1.75. The third kappa shape index (κ3) is 8.60. The number of rotatable bonds is 4. The molecule has 0 fully saturated rings. The predicted octanol–water partition coefficient (Wildman–Crippen LogP) is 0.289. The summed E-state index contributed by atoms with van der Waals surface area (Å²) in [6.45, 7) is 1.26. The van der Waals surface area contributed by atoms with E-state index in [1.54, 1.807) is 0 Å². The molecular weight excluding hydrogens is 152 g/mol. The molecule has 0 aromatic carbocycles. The summed E-state index contributed by atoms with van der Waals surface area (Å²) in [7, 11) is 0. The van der Waals surface area contributed by atoms with Gasteiger partial charge in [0.05, 0.1) is 0 Å². The maximum absolute atomic E-state index is 4.94. The highest BCUT2D eigenvalue weighted by Crippen LogP contribution is 1.72. The van der Waals surface area contributed by atoms with E-state index in [1.165, 1.54) is 0 Å². The molecule has 0 aliphatic heterocycles. The Morgan fingerprint density at radius 3 is 1.50 bits per heavy atom. The van der Waals surface area contributed by atoms with Crippen molar-refractivity contribution in [1.82, 2.24) is 0 Å². The van der Waals surface area contributed by atoms with Gasteiger partial charge in [-0.25, -0.2) is 0 Å². The molecule has 62 valence electrons. The molecule has 0 atom stereocenters. The molecule has 0 saturated carbocycles. The fourth-order valence-electron chi connectivity index (χ4n) is 0.424. The molecule has 0 aliphatic rings. The highest BCUT2D eigenvalue weighted by atomic mass is 16.5. The average molecular weight is 162 g/mol. The summed E-state index contributed by atoms with van der Waals surface area (Å²) in [5, 5.41) is 0. The molecule has 0 aromatic heterocycles. The summed E-state index contributed by atoms with van der Waals surface area (Å²) in [4.78, 5) is 0. The molecule has 0 radical (unpaired) electrons. The van der Waals surface area contributed by atoms with Gasteiger partial charge in [0, 0.05) is 0 Å². The zero-order valence-electron chi connectivity index (χ0n) is 6.80. The monoisotopic (exact) mass is 162 g/mol. The van der Waals surface area contributed by atoms with Crippen molar-refractivity contribution < 1.29 is 9.47 Å². The molecule has 0 aliphatic carbocycles. The Kier molecular flexibility index (Phi) is 8.48. The van der Waals surface area contributed by atoms with Crippen LogP contribution in [0.2, 0.25) is 0 Å².